The molecule has 0 bridgehead atoms. The summed E-state index contributed by atoms with van der Waals surface area (Å²) in [6, 6.07) is 14.0. The van der Waals surface area contributed by atoms with Crippen LogP contribution in [-0.2, 0) is 4.79 Å². The van der Waals surface area contributed by atoms with E-state index in [0.29, 0.717) is 0 Å². The van der Waals surface area contributed by atoms with Gasteiger partial charge in [0.2, 0.25) is 11.9 Å². The van der Waals surface area contributed by atoms with Gasteiger partial charge in [0.25, 0.3) is 0 Å². The first kappa shape index (κ1) is 17.7. The minimum Gasteiger partial charge on any atom is -0.341 e. The highest BCUT2D eigenvalue weighted by molar-refractivity contribution is 7.13. The monoisotopic (exact) mass is 378 g/mol. The van der Waals surface area contributed by atoms with Gasteiger partial charge >= 0.3 is 0 Å². The van der Waals surface area contributed by atoms with Crippen molar-refractivity contribution in [2.24, 2.45) is 5.92 Å². The number of nitrogens with one attached hydrogen (secondary N) is 1. The van der Waals surface area contributed by atoms with Crippen LogP contribution in [0.5, 0.6) is 0 Å². The summed E-state index contributed by atoms with van der Waals surface area (Å²) in [7, 11) is 0. The van der Waals surface area contributed by atoms with Gasteiger partial charge in [-0.3, -0.25) is 4.79 Å². The van der Waals surface area contributed by atoms with Gasteiger partial charge in [0, 0.05) is 30.9 Å². The second-order valence-electron chi connectivity index (χ2n) is 6.84. The number of anilines is 2. The Morgan fingerprint density at radius 2 is 2.04 bits per heavy atom. The number of benzene rings is 1. The zero-order chi connectivity index (χ0) is 18.6. The molecule has 1 fully saturated rings. The third kappa shape index (κ3) is 4.17. The van der Waals surface area contributed by atoms with Gasteiger partial charge in [0.05, 0.1) is 10.6 Å². The zero-order valence-corrected chi connectivity index (χ0v) is 16.1. The molecule has 3 heterocycles. The van der Waals surface area contributed by atoms with E-state index in [-0.39, 0.29) is 11.8 Å². The van der Waals surface area contributed by atoms with Crippen molar-refractivity contribution >= 4 is 28.9 Å². The molecule has 1 aliphatic heterocycles. The number of aromatic nitrogens is 2. The summed E-state index contributed by atoms with van der Waals surface area (Å²) in [6.45, 7) is 3.61. The van der Waals surface area contributed by atoms with E-state index < -0.39 is 0 Å². The molecule has 4 rings (SSSR count). The van der Waals surface area contributed by atoms with E-state index in [4.69, 9.17) is 4.98 Å². The zero-order valence-electron chi connectivity index (χ0n) is 15.3. The number of nitrogens with zero attached hydrogens (tertiary/aromatic N) is 3. The maximum atomic E-state index is 12.6. The SMILES string of the molecule is Cc1cccc(NC(=O)C2CCN(c3nccc(-c4cccs4)n3)CC2)c1. The average Bonchev–Trinajstić information content (AvgIpc) is 3.23. The first-order valence-electron chi connectivity index (χ1n) is 9.18. The number of aryl methyl sites for hydroxylation is 1. The van der Waals surface area contributed by atoms with E-state index in [1.54, 1.807) is 11.3 Å². The number of hydrogen-bond donors (Lipinski definition) is 1. The van der Waals surface area contributed by atoms with Crippen molar-refractivity contribution in [3.63, 3.8) is 0 Å². The third-order valence-electron chi connectivity index (χ3n) is 4.85. The van der Waals surface area contributed by atoms with Crippen LogP contribution in [0.25, 0.3) is 10.6 Å². The molecule has 6 heteroatoms. The highest BCUT2D eigenvalue weighted by Crippen LogP contribution is 2.26. The predicted octanol–water partition coefficient (Wildman–Crippen LogP) is 4.37. The Labute approximate surface area is 163 Å². The van der Waals surface area contributed by atoms with Crippen LogP contribution < -0.4 is 10.2 Å². The molecule has 0 aliphatic carbocycles. The molecule has 0 spiro atoms. The Morgan fingerprint density at radius 1 is 1.19 bits per heavy atom. The Hall–Kier alpha value is -2.73. The van der Waals surface area contributed by atoms with Crippen molar-refractivity contribution in [3.8, 4) is 10.6 Å². The highest BCUT2D eigenvalue weighted by atomic mass is 32.1. The lowest BCUT2D eigenvalue weighted by Gasteiger charge is -2.31. The van der Waals surface area contributed by atoms with Gasteiger partial charge in [-0.1, -0.05) is 18.2 Å². The van der Waals surface area contributed by atoms with Crippen LogP contribution in [0.2, 0.25) is 0 Å². The van der Waals surface area contributed by atoms with E-state index in [1.807, 2.05) is 49.5 Å². The second kappa shape index (κ2) is 7.88. The van der Waals surface area contributed by atoms with Crippen molar-refractivity contribution in [1.29, 1.82) is 0 Å². The van der Waals surface area contributed by atoms with Gasteiger partial charge in [-0.25, -0.2) is 9.97 Å². The molecule has 1 aromatic carbocycles. The molecule has 1 saturated heterocycles. The van der Waals surface area contributed by atoms with Crippen LogP contribution in [0.15, 0.2) is 54.0 Å². The number of piperidine rings is 1. The number of amides is 1. The van der Waals surface area contributed by atoms with Crippen LogP contribution in [0.1, 0.15) is 18.4 Å². The number of rotatable bonds is 4. The van der Waals surface area contributed by atoms with Gasteiger partial charge in [-0.2, -0.15) is 0 Å². The minimum atomic E-state index is 0.0299. The maximum absolute atomic E-state index is 12.6. The van der Waals surface area contributed by atoms with Gasteiger partial charge in [0.15, 0.2) is 0 Å². The lowest BCUT2D eigenvalue weighted by molar-refractivity contribution is -0.120. The van der Waals surface area contributed by atoms with Gasteiger partial charge in [0.1, 0.15) is 0 Å². The fraction of sp³-hybridized carbons (Fsp3) is 0.286. The molecule has 3 aromatic rings. The lowest BCUT2D eigenvalue weighted by atomic mass is 9.96. The van der Waals surface area contributed by atoms with E-state index in [2.05, 4.69) is 26.6 Å². The molecule has 138 valence electrons. The molecule has 2 aromatic heterocycles. The summed E-state index contributed by atoms with van der Waals surface area (Å²) in [5, 5.41) is 5.10. The molecule has 0 unspecified atom stereocenters. The normalized spacial score (nSPS) is 14.9. The second-order valence-corrected chi connectivity index (χ2v) is 7.79. The summed E-state index contributed by atoms with van der Waals surface area (Å²) < 4.78 is 0. The molecule has 5 nitrogen and oxygen atoms in total. The Morgan fingerprint density at radius 3 is 2.78 bits per heavy atom. The largest absolute Gasteiger partial charge is 0.341 e. The van der Waals surface area contributed by atoms with Crippen LogP contribution in [-0.4, -0.2) is 29.0 Å². The molecule has 1 N–H and O–H groups in total. The standard InChI is InChI=1S/C21H22N4OS/c1-15-4-2-5-17(14-15)23-20(26)16-8-11-25(12-9-16)21-22-10-7-18(24-21)19-6-3-13-27-19/h2-7,10,13-14,16H,8-9,11-12H2,1H3,(H,23,26). The fourth-order valence-corrected chi connectivity index (χ4v) is 4.07. The summed E-state index contributed by atoms with van der Waals surface area (Å²) >= 11 is 1.68. The van der Waals surface area contributed by atoms with Crippen LogP contribution >= 0.6 is 11.3 Å². The summed E-state index contributed by atoms with van der Waals surface area (Å²) in [4.78, 5) is 25.0. The summed E-state index contributed by atoms with van der Waals surface area (Å²) in [5.41, 5.74) is 2.97. The van der Waals surface area contributed by atoms with Crippen molar-refractivity contribution in [1.82, 2.24) is 9.97 Å². The minimum absolute atomic E-state index is 0.0299. The van der Waals surface area contributed by atoms with Crippen molar-refractivity contribution in [2.45, 2.75) is 19.8 Å². The Bertz CT molecular complexity index is 917. The van der Waals surface area contributed by atoms with Crippen LogP contribution in [0.3, 0.4) is 0 Å². The topological polar surface area (TPSA) is 58.1 Å². The molecule has 1 amide bonds. The molecule has 27 heavy (non-hydrogen) atoms. The maximum Gasteiger partial charge on any atom is 0.227 e. The summed E-state index contributed by atoms with van der Waals surface area (Å²) in [6.07, 6.45) is 3.43. The Kier molecular flexibility index (Phi) is 5.16. The fourth-order valence-electron chi connectivity index (χ4n) is 3.37. The highest BCUT2D eigenvalue weighted by Gasteiger charge is 2.26. The van der Waals surface area contributed by atoms with Crippen LogP contribution in [0.4, 0.5) is 11.6 Å². The first-order valence-corrected chi connectivity index (χ1v) is 10.1. The predicted molar refractivity (Wildman–Crippen MR) is 110 cm³/mol. The van der Waals surface area contributed by atoms with E-state index in [0.717, 1.165) is 53.7 Å². The quantitative estimate of drug-likeness (QED) is 0.732. The number of carbonyl (C=O) groups excluding carboxylic acids is 1. The van der Waals surface area contributed by atoms with Gasteiger partial charge < -0.3 is 10.2 Å². The molecule has 0 atom stereocenters. The van der Waals surface area contributed by atoms with Gasteiger partial charge in [-0.05, 0) is 55.0 Å². The van der Waals surface area contributed by atoms with Gasteiger partial charge in [-0.15, -0.1) is 11.3 Å². The van der Waals surface area contributed by atoms with Crippen molar-refractivity contribution in [2.75, 3.05) is 23.3 Å². The molecule has 0 saturated carbocycles. The smallest absolute Gasteiger partial charge is 0.227 e. The molecule has 0 radical (unpaired) electrons. The Balaban J connectivity index is 1.37. The molecular weight excluding hydrogens is 356 g/mol. The van der Waals surface area contributed by atoms with Crippen LogP contribution in [0, 0.1) is 12.8 Å². The summed E-state index contributed by atoms with van der Waals surface area (Å²) in [5.74, 6) is 0.884. The van der Waals surface area contributed by atoms with E-state index in [9.17, 15) is 4.79 Å². The van der Waals surface area contributed by atoms with Crippen molar-refractivity contribution in [3.05, 3.63) is 59.6 Å². The number of hydrogen-bond acceptors (Lipinski definition) is 5. The molecule has 1 aliphatic rings. The van der Waals surface area contributed by atoms with E-state index in [1.165, 1.54) is 0 Å². The van der Waals surface area contributed by atoms with E-state index >= 15 is 0 Å². The number of carbonyl (C=O) groups is 1. The number of thiophene rings is 1. The lowest BCUT2D eigenvalue weighted by Crippen LogP contribution is -2.39. The average molecular weight is 379 g/mol. The van der Waals surface area contributed by atoms with Crippen molar-refractivity contribution < 1.29 is 4.79 Å². The molecular formula is C21H22N4OS. The first-order chi connectivity index (χ1) is 13.2. The third-order valence-corrected chi connectivity index (χ3v) is 5.74.